The number of carbonyl (C=O) groups is 2. The number of carboxylic acids is 1. The summed E-state index contributed by atoms with van der Waals surface area (Å²) in [6.07, 6.45) is 1.88. The van der Waals surface area contributed by atoms with E-state index in [1.165, 1.54) is 4.88 Å². The first kappa shape index (κ1) is 15.7. The summed E-state index contributed by atoms with van der Waals surface area (Å²) in [5.41, 5.74) is 0. The third-order valence-corrected chi connectivity index (χ3v) is 3.83. The minimum atomic E-state index is -0.810. The number of rotatable bonds is 8. The maximum atomic E-state index is 12.1. The van der Waals surface area contributed by atoms with Crippen molar-refractivity contribution in [2.75, 3.05) is 6.54 Å². The van der Waals surface area contributed by atoms with Crippen LogP contribution in [0.4, 0.5) is 0 Å². The van der Waals surface area contributed by atoms with Gasteiger partial charge in [-0.15, -0.1) is 11.3 Å². The van der Waals surface area contributed by atoms with E-state index in [9.17, 15) is 9.59 Å². The standard InChI is InChI=1S/C14H21NO3S/c1-11(2)15(9-3-6-14(17)18)13(16)8-7-12-5-4-10-19-12/h4-5,10-11H,3,6-9H2,1-2H3,(H,17,18). The molecule has 1 rings (SSSR count). The van der Waals surface area contributed by atoms with E-state index in [1.807, 2.05) is 31.4 Å². The number of hydrogen-bond donors (Lipinski definition) is 1. The molecule has 0 spiro atoms. The van der Waals surface area contributed by atoms with E-state index < -0.39 is 5.97 Å². The molecule has 0 aliphatic rings. The fourth-order valence-electron chi connectivity index (χ4n) is 1.90. The van der Waals surface area contributed by atoms with Crippen LogP contribution < -0.4 is 0 Å². The van der Waals surface area contributed by atoms with Crippen molar-refractivity contribution >= 4 is 23.2 Å². The van der Waals surface area contributed by atoms with Gasteiger partial charge in [0.2, 0.25) is 5.91 Å². The molecule has 1 aromatic rings. The van der Waals surface area contributed by atoms with Crippen molar-refractivity contribution in [1.29, 1.82) is 0 Å². The minimum absolute atomic E-state index is 0.105. The van der Waals surface area contributed by atoms with Gasteiger partial charge in [-0.2, -0.15) is 0 Å². The third kappa shape index (κ3) is 5.87. The molecule has 0 aliphatic heterocycles. The lowest BCUT2D eigenvalue weighted by molar-refractivity contribution is -0.138. The van der Waals surface area contributed by atoms with Gasteiger partial charge in [-0.1, -0.05) is 6.07 Å². The van der Waals surface area contributed by atoms with Crippen LogP contribution in [0.5, 0.6) is 0 Å². The van der Waals surface area contributed by atoms with Crippen LogP contribution in [-0.2, 0) is 16.0 Å². The topological polar surface area (TPSA) is 57.6 Å². The van der Waals surface area contributed by atoms with Gasteiger partial charge in [0, 0.05) is 30.3 Å². The lowest BCUT2D eigenvalue weighted by Gasteiger charge is -2.26. The predicted octanol–water partition coefficient (Wildman–Crippen LogP) is 2.78. The van der Waals surface area contributed by atoms with Crippen molar-refractivity contribution in [3.63, 3.8) is 0 Å². The summed E-state index contributed by atoms with van der Waals surface area (Å²) >= 11 is 1.66. The molecule has 0 aliphatic carbocycles. The van der Waals surface area contributed by atoms with Crippen molar-refractivity contribution in [3.05, 3.63) is 22.4 Å². The lowest BCUT2D eigenvalue weighted by atomic mass is 10.2. The zero-order valence-electron chi connectivity index (χ0n) is 11.5. The van der Waals surface area contributed by atoms with Gasteiger partial charge in [0.05, 0.1) is 0 Å². The van der Waals surface area contributed by atoms with E-state index in [-0.39, 0.29) is 18.4 Å². The number of aryl methyl sites for hydroxylation is 1. The molecule has 1 heterocycles. The Bertz CT molecular complexity index is 401. The molecule has 4 nitrogen and oxygen atoms in total. The Morgan fingerprint density at radius 3 is 2.63 bits per heavy atom. The van der Waals surface area contributed by atoms with Gasteiger partial charge >= 0.3 is 5.97 Å². The van der Waals surface area contributed by atoms with E-state index >= 15 is 0 Å². The molecule has 0 atom stereocenters. The molecule has 0 bridgehead atoms. The molecule has 5 heteroatoms. The first-order valence-electron chi connectivity index (χ1n) is 6.54. The molecule has 0 saturated carbocycles. The average molecular weight is 283 g/mol. The molecule has 19 heavy (non-hydrogen) atoms. The Kier molecular flexibility index (Phi) is 6.56. The predicted molar refractivity (Wildman–Crippen MR) is 76.4 cm³/mol. The highest BCUT2D eigenvalue weighted by Crippen LogP contribution is 2.13. The molecule has 0 unspecified atom stereocenters. The van der Waals surface area contributed by atoms with Crippen LogP contribution in [-0.4, -0.2) is 34.5 Å². The number of carboxylic acid groups (broad SMARTS) is 1. The Morgan fingerprint density at radius 1 is 1.37 bits per heavy atom. The molecule has 1 N–H and O–H groups in total. The second kappa shape index (κ2) is 7.94. The highest BCUT2D eigenvalue weighted by Gasteiger charge is 2.16. The summed E-state index contributed by atoms with van der Waals surface area (Å²) in [5, 5.41) is 10.6. The second-order valence-electron chi connectivity index (χ2n) is 4.76. The van der Waals surface area contributed by atoms with Gasteiger partial charge in [0.25, 0.3) is 0 Å². The van der Waals surface area contributed by atoms with E-state index in [0.29, 0.717) is 19.4 Å². The third-order valence-electron chi connectivity index (χ3n) is 2.90. The van der Waals surface area contributed by atoms with Gasteiger partial charge in [-0.25, -0.2) is 0 Å². The summed E-state index contributed by atoms with van der Waals surface area (Å²) in [7, 11) is 0. The van der Waals surface area contributed by atoms with Crippen LogP contribution >= 0.6 is 11.3 Å². The summed E-state index contributed by atoms with van der Waals surface area (Å²) in [6, 6.07) is 4.13. The summed E-state index contributed by atoms with van der Waals surface area (Å²) in [6.45, 7) is 4.45. The van der Waals surface area contributed by atoms with Crippen molar-refractivity contribution in [1.82, 2.24) is 4.90 Å². The molecular formula is C14H21NO3S. The number of thiophene rings is 1. The zero-order valence-corrected chi connectivity index (χ0v) is 12.3. The van der Waals surface area contributed by atoms with Gasteiger partial charge < -0.3 is 10.0 Å². The van der Waals surface area contributed by atoms with Crippen molar-refractivity contribution in [2.45, 2.75) is 45.6 Å². The van der Waals surface area contributed by atoms with E-state index in [2.05, 4.69) is 0 Å². The number of aliphatic carboxylic acids is 1. The Balaban J connectivity index is 2.41. The Morgan fingerprint density at radius 2 is 2.11 bits per heavy atom. The smallest absolute Gasteiger partial charge is 0.303 e. The highest BCUT2D eigenvalue weighted by atomic mass is 32.1. The fourth-order valence-corrected chi connectivity index (χ4v) is 2.61. The van der Waals surface area contributed by atoms with Crippen LogP contribution in [0.2, 0.25) is 0 Å². The van der Waals surface area contributed by atoms with E-state index in [0.717, 1.165) is 6.42 Å². The van der Waals surface area contributed by atoms with Crippen LogP contribution in [0.25, 0.3) is 0 Å². The molecule has 0 saturated heterocycles. The van der Waals surface area contributed by atoms with Crippen molar-refractivity contribution in [2.24, 2.45) is 0 Å². The number of nitrogens with zero attached hydrogens (tertiary/aromatic N) is 1. The molecule has 0 fully saturated rings. The van der Waals surface area contributed by atoms with Crippen LogP contribution in [0, 0.1) is 0 Å². The first-order valence-corrected chi connectivity index (χ1v) is 7.42. The number of hydrogen-bond acceptors (Lipinski definition) is 3. The Hall–Kier alpha value is -1.36. The maximum absolute atomic E-state index is 12.1. The van der Waals surface area contributed by atoms with Crippen LogP contribution in [0.15, 0.2) is 17.5 Å². The first-order chi connectivity index (χ1) is 9.00. The lowest BCUT2D eigenvalue weighted by Crippen LogP contribution is -2.38. The monoisotopic (exact) mass is 283 g/mol. The SMILES string of the molecule is CC(C)N(CCCC(=O)O)C(=O)CCc1cccs1. The molecule has 1 amide bonds. The van der Waals surface area contributed by atoms with Crippen LogP contribution in [0.1, 0.15) is 38.0 Å². The fraction of sp³-hybridized carbons (Fsp3) is 0.571. The summed E-state index contributed by atoms with van der Waals surface area (Å²) in [4.78, 5) is 25.6. The molecule has 1 aromatic heterocycles. The normalized spacial score (nSPS) is 10.7. The highest BCUT2D eigenvalue weighted by molar-refractivity contribution is 7.09. The van der Waals surface area contributed by atoms with Gasteiger partial charge in [0.1, 0.15) is 0 Å². The molecule has 0 radical (unpaired) electrons. The van der Waals surface area contributed by atoms with Crippen LogP contribution in [0.3, 0.4) is 0 Å². The largest absolute Gasteiger partial charge is 0.481 e. The van der Waals surface area contributed by atoms with Crippen molar-refractivity contribution < 1.29 is 14.7 Å². The average Bonchev–Trinajstić information content (AvgIpc) is 2.84. The van der Waals surface area contributed by atoms with E-state index in [1.54, 1.807) is 16.2 Å². The maximum Gasteiger partial charge on any atom is 0.303 e. The van der Waals surface area contributed by atoms with E-state index in [4.69, 9.17) is 5.11 Å². The van der Waals surface area contributed by atoms with Gasteiger partial charge in [0.15, 0.2) is 0 Å². The summed E-state index contributed by atoms with van der Waals surface area (Å²) in [5.74, 6) is -0.705. The number of amides is 1. The molecule has 106 valence electrons. The quantitative estimate of drug-likeness (QED) is 0.798. The van der Waals surface area contributed by atoms with Crippen molar-refractivity contribution in [3.8, 4) is 0 Å². The number of carbonyl (C=O) groups excluding carboxylic acids is 1. The van der Waals surface area contributed by atoms with Gasteiger partial charge in [-0.3, -0.25) is 9.59 Å². The van der Waals surface area contributed by atoms with Gasteiger partial charge in [-0.05, 0) is 38.1 Å². The summed E-state index contributed by atoms with van der Waals surface area (Å²) < 4.78 is 0. The second-order valence-corrected chi connectivity index (χ2v) is 5.79. The minimum Gasteiger partial charge on any atom is -0.481 e. The zero-order chi connectivity index (χ0) is 14.3. The molecule has 0 aromatic carbocycles. The Labute approximate surface area is 118 Å². The molecular weight excluding hydrogens is 262 g/mol.